The second-order valence-electron chi connectivity index (χ2n) is 5.26. The molecular formula is C16H22N4O2. The number of aliphatic imine (C=N–C) groups is 1. The van der Waals surface area contributed by atoms with Crippen LogP contribution in [0.2, 0.25) is 0 Å². The smallest absolute Gasteiger partial charge is 0.261 e. The number of hydrogen-bond donors (Lipinski definition) is 2. The Morgan fingerprint density at radius 3 is 2.32 bits per heavy atom. The lowest BCUT2D eigenvalue weighted by atomic mass is 10.1. The quantitative estimate of drug-likeness (QED) is 0.488. The molecule has 1 aliphatic heterocycles. The fourth-order valence-electron chi connectivity index (χ4n) is 2.26. The molecule has 6 nitrogen and oxygen atoms in total. The molecule has 2 amide bonds. The van der Waals surface area contributed by atoms with Gasteiger partial charge in [0, 0.05) is 26.2 Å². The first-order valence-electron chi connectivity index (χ1n) is 7.50. The minimum Gasteiger partial charge on any atom is -0.355 e. The van der Waals surface area contributed by atoms with Crippen molar-refractivity contribution in [2.45, 2.75) is 26.3 Å². The standard InChI is InChI=1S/C16H22N4O2/c1-4-11(2)19-16(17-3)18-9-10-20-14(21)12-7-5-6-8-13(12)15(20)22/h5-8,11H,4,9-10H2,1-3H3,(H2,17,18,19). The lowest BCUT2D eigenvalue weighted by molar-refractivity contribution is 0.0657. The van der Waals surface area contributed by atoms with E-state index in [1.54, 1.807) is 31.3 Å². The van der Waals surface area contributed by atoms with Crippen molar-refractivity contribution in [3.05, 3.63) is 35.4 Å². The number of nitrogens with zero attached hydrogens (tertiary/aromatic N) is 2. The average molecular weight is 302 g/mol. The topological polar surface area (TPSA) is 73.8 Å². The molecule has 1 heterocycles. The SMILES string of the molecule is CCC(C)NC(=NC)NCCN1C(=O)c2ccccc2C1=O. The summed E-state index contributed by atoms with van der Waals surface area (Å²) >= 11 is 0. The molecule has 1 unspecified atom stereocenters. The molecule has 1 aromatic rings. The molecule has 0 bridgehead atoms. The number of imide groups is 1. The van der Waals surface area contributed by atoms with Crippen molar-refractivity contribution in [3.63, 3.8) is 0 Å². The second kappa shape index (κ2) is 7.06. The van der Waals surface area contributed by atoms with Gasteiger partial charge in [-0.25, -0.2) is 0 Å². The van der Waals surface area contributed by atoms with Gasteiger partial charge in [0.2, 0.25) is 0 Å². The summed E-state index contributed by atoms with van der Waals surface area (Å²) in [6.45, 7) is 4.93. The minimum absolute atomic E-state index is 0.229. The van der Waals surface area contributed by atoms with Gasteiger partial charge in [-0.15, -0.1) is 0 Å². The van der Waals surface area contributed by atoms with Crippen molar-refractivity contribution in [1.29, 1.82) is 0 Å². The van der Waals surface area contributed by atoms with Crippen molar-refractivity contribution in [3.8, 4) is 0 Å². The zero-order valence-electron chi connectivity index (χ0n) is 13.2. The number of fused-ring (bicyclic) bond motifs is 1. The van der Waals surface area contributed by atoms with Crippen LogP contribution in [0.15, 0.2) is 29.3 Å². The van der Waals surface area contributed by atoms with Crippen LogP contribution in [0.5, 0.6) is 0 Å². The van der Waals surface area contributed by atoms with Crippen LogP contribution in [0.4, 0.5) is 0 Å². The maximum absolute atomic E-state index is 12.2. The van der Waals surface area contributed by atoms with Crippen LogP contribution in [0.1, 0.15) is 41.0 Å². The number of carbonyl (C=O) groups is 2. The van der Waals surface area contributed by atoms with Crippen LogP contribution in [0, 0.1) is 0 Å². The van der Waals surface area contributed by atoms with Gasteiger partial charge in [0.25, 0.3) is 11.8 Å². The highest BCUT2D eigenvalue weighted by Crippen LogP contribution is 2.21. The molecule has 1 aromatic carbocycles. The molecule has 0 saturated heterocycles. The molecular weight excluding hydrogens is 280 g/mol. The summed E-state index contributed by atoms with van der Waals surface area (Å²) in [5.41, 5.74) is 0.962. The zero-order valence-corrected chi connectivity index (χ0v) is 13.2. The summed E-state index contributed by atoms with van der Waals surface area (Å²) in [6, 6.07) is 7.22. The van der Waals surface area contributed by atoms with Crippen LogP contribution < -0.4 is 10.6 Å². The van der Waals surface area contributed by atoms with Gasteiger partial charge in [-0.05, 0) is 25.5 Å². The summed E-state index contributed by atoms with van der Waals surface area (Å²) in [5.74, 6) is 0.213. The predicted octanol–water partition coefficient (Wildman–Crippen LogP) is 1.25. The number of amides is 2. The zero-order chi connectivity index (χ0) is 16.1. The Hall–Kier alpha value is -2.37. The summed E-state index contributed by atoms with van der Waals surface area (Å²) in [7, 11) is 1.69. The van der Waals surface area contributed by atoms with Gasteiger partial charge in [0.15, 0.2) is 5.96 Å². The van der Waals surface area contributed by atoms with Gasteiger partial charge in [-0.2, -0.15) is 0 Å². The Morgan fingerprint density at radius 1 is 1.23 bits per heavy atom. The highest BCUT2D eigenvalue weighted by Gasteiger charge is 2.34. The lowest BCUT2D eigenvalue weighted by Crippen LogP contribution is -2.45. The Bertz CT molecular complexity index is 563. The Balaban J connectivity index is 1.91. The molecule has 2 rings (SSSR count). The molecule has 1 aliphatic rings. The maximum Gasteiger partial charge on any atom is 0.261 e. The van der Waals surface area contributed by atoms with E-state index in [9.17, 15) is 9.59 Å². The molecule has 1 atom stereocenters. The van der Waals surface area contributed by atoms with Crippen LogP contribution in [-0.2, 0) is 0 Å². The number of rotatable bonds is 5. The first kappa shape index (κ1) is 16.0. The van der Waals surface area contributed by atoms with Crippen molar-refractivity contribution < 1.29 is 9.59 Å². The molecule has 118 valence electrons. The Morgan fingerprint density at radius 2 is 1.82 bits per heavy atom. The predicted molar refractivity (Wildman–Crippen MR) is 86.1 cm³/mol. The van der Waals surface area contributed by atoms with E-state index in [0.717, 1.165) is 6.42 Å². The van der Waals surface area contributed by atoms with E-state index >= 15 is 0 Å². The average Bonchev–Trinajstić information content (AvgIpc) is 2.78. The van der Waals surface area contributed by atoms with Gasteiger partial charge in [-0.3, -0.25) is 19.5 Å². The monoisotopic (exact) mass is 302 g/mol. The molecule has 2 N–H and O–H groups in total. The largest absolute Gasteiger partial charge is 0.355 e. The summed E-state index contributed by atoms with van der Waals surface area (Å²) in [6.07, 6.45) is 0.985. The van der Waals surface area contributed by atoms with Gasteiger partial charge in [0.05, 0.1) is 11.1 Å². The number of guanidine groups is 1. The molecule has 0 fully saturated rings. The number of benzene rings is 1. The summed E-state index contributed by atoms with van der Waals surface area (Å²) in [4.78, 5) is 29.8. The van der Waals surface area contributed by atoms with Crippen LogP contribution in [-0.4, -0.2) is 48.9 Å². The van der Waals surface area contributed by atoms with E-state index < -0.39 is 0 Å². The normalized spacial score (nSPS) is 15.8. The van der Waals surface area contributed by atoms with E-state index in [0.29, 0.717) is 36.2 Å². The van der Waals surface area contributed by atoms with Crippen LogP contribution in [0.25, 0.3) is 0 Å². The number of carbonyl (C=O) groups excluding carboxylic acids is 2. The fraction of sp³-hybridized carbons (Fsp3) is 0.438. The van der Waals surface area contributed by atoms with E-state index in [1.807, 2.05) is 0 Å². The molecule has 0 spiro atoms. The molecule has 22 heavy (non-hydrogen) atoms. The third-order valence-electron chi connectivity index (χ3n) is 3.73. The Labute approximate surface area is 130 Å². The number of nitrogens with one attached hydrogen (secondary N) is 2. The highest BCUT2D eigenvalue weighted by molar-refractivity contribution is 6.21. The van der Waals surface area contributed by atoms with Crippen LogP contribution in [0.3, 0.4) is 0 Å². The molecule has 0 aromatic heterocycles. The lowest BCUT2D eigenvalue weighted by Gasteiger charge is -2.18. The molecule has 0 saturated carbocycles. The first-order chi connectivity index (χ1) is 10.6. The van der Waals surface area contributed by atoms with E-state index in [1.165, 1.54) is 4.90 Å². The second-order valence-corrected chi connectivity index (χ2v) is 5.26. The van der Waals surface area contributed by atoms with Crippen molar-refractivity contribution in [2.24, 2.45) is 4.99 Å². The van der Waals surface area contributed by atoms with Crippen molar-refractivity contribution >= 4 is 17.8 Å². The third-order valence-corrected chi connectivity index (χ3v) is 3.73. The van der Waals surface area contributed by atoms with E-state index in [-0.39, 0.29) is 11.8 Å². The highest BCUT2D eigenvalue weighted by atomic mass is 16.2. The van der Waals surface area contributed by atoms with E-state index in [2.05, 4.69) is 29.5 Å². The number of hydrogen-bond acceptors (Lipinski definition) is 3. The Kier molecular flexibility index (Phi) is 5.14. The molecule has 6 heteroatoms. The summed E-state index contributed by atoms with van der Waals surface area (Å²) < 4.78 is 0. The van der Waals surface area contributed by atoms with Gasteiger partial charge < -0.3 is 10.6 Å². The van der Waals surface area contributed by atoms with Crippen molar-refractivity contribution in [2.75, 3.05) is 20.1 Å². The summed E-state index contributed by atoms with van der Waals surface area (Å²) in [5, 5.41) is 6.35. The van der Waals surface area contributed by atoms with E-state index in [4.69, 9.17) is 0 Å². The van der Waals surface area contributed by atoms with Gasteiger partial charge in [-0.1, -0.05) is 19.1 Å². The van der Waals surface area contributed by atoms with Gasteiger partial charge >= 0.3 is 0 Å². The van der Waals surface area contributed by atoms with Crippen LogP contribution >= 0.6 is 0 Å². The minimum atomic E-state index is -0.229. The maximum atomic E-state index is 12.2. The van der Waals surface area contributed by atoms with Crippen molar-refractivity contribution in [1.82, 2.24) is 15.5 Å². The third kappa shape index (κ3) is 3.27. The van der Waals surface area contributed by atoms with Gasteiger partial charge in [0.1, 0.15) is 0 Å². The first-order valence-corrected chi connectivity index (χ1v) is 7.50. The fourth-order valence-corrected chi connectivity index (χ4v) is 2.26. The molecule has 0 aliphatic carbocycles. The molecule has 0 radical (unpaired) electrons.